The Morgan fingerprint density at radius 1 is 1.30 bits per heavy atom. The maximum Gasteiger partial charge on any atom is 0.230 e. The van der Waals surface area contributed by atoms with Gasteiger partial charge in [0.05, 0.1) is 26.2 Å². The molecule has 3 fully saturated rings. The number of hydrogen-bond acceptors (Lipinski definition) is 7. The summed E-state index contributed by atoms with van der Waals surface area (Å²) in [5.74, 6) is 1.26. The van der Waals surface area contributed by atoms with Gasteiger partial charge in [0.25, 0.3) is 0 Å². The highest BCUT2D eigenvalue weighted by Gasteiger charge is 2.42. The van der Waals surface area contributed by atoms with Gasteiger partial charge in [-0.15, -0.1) is 0 Å². The van der Waals surface area contributed by atoms with Crippen molar-refractivity contribution in [2.24, 2.45) is 0 Å². The molecule has 1 amide bonds. The Balaban J connectivity index is 1.46. The Labute approximate surface area is 182 Å². The molecule has 0 spiro atoms. The van der Waals surface area contributed by atoms with Gasteiger partial charge in [-0.3, -0.25) is 4.79 Å². The average Bonchev–Trinajstić information content (AvgIpc) is 3.23. The summed E-state index contributed by atoms with van der Waals surface area (Å²) in [4.78, 5) is 26.0. The standard InChI is InChI=1S/C21H31ClN4O4/c1-25(21-23-18(22)12-19(24-21)30-17-6-9-29-13-17)16-10-14-4-3-5-15(11-16)26(14)20(27)7-8-28-2/h12,14-17H,3-11,13H2,1-2H3/t14-,15+,16-,17-/m1/s1. The number of nitrogens with zero attached hydrogens (tertiary/aromatic N) is 4. The molecule has 0 radical (unpaired) electrons. The van der Waals surface area contributed by atoms with Crippen LogP contribution in [0.5, 0.6) is 5.88 Å². The normalized spacial score (nSPS) is 28.4. The minimum absolute atomic E-state index is 0.00910. The number of amides is 1. The average molecular weight is 439 g/mol. The molecule has 3 saturated heterocycles. The molecular formula is C21H31ClN4O4. The van der Waals surface area contributed by atoms with E-state index in [0.29, 0.717) is 43.2 Å². The second-order valence-electron chi connectivity index (χ2n) is 8.45. The van der Waals surface area contributed by atoms with Gasteiger partial charge in [-0.2, -0.15) is 4.98 Å². The van der Waals surface area contributed by atoms with Crippen molar-refractivity contribution >= 4 is 23.5 Å². The molecule has 9 heteroatoms. The van der Waals surface area contributed by atoms with Crippen molar-refractivity contribution in [2.75, 3.05) is 38.9 Å². The molecular weight excluding hydrogens is 408 g/mol. The number of methoxy groups -OCH3 is 1. The van der Waals surface area contributed by atoms with Crippen LogP contribution in [0, 0.1) is 0 Å². The molecule has 4 atom stereocenters. The van der Waals surface area contributed by atoms with E-state index in [4.69, 9.17) is 25.8 Å². The third-order valence-corrected chi connectivity index (χ3v) is 6.65. The van der Waals surface area contributed by atoms with Crippen LogP contribution in [0.25, 0.3) is 0 Å². The van der Waals surface area contributed by atoms with E-state index in [1.165, 1.54) is 6.42 Å². The first-order valence-corrected chi connectivity index (χ1v) is 11.2. The van der Waals surface area contributed by atoms with Crippen molar-refractivity contribution in [2.45, 2.75) is 69.2 Å². The Hall–Kier alpha value is -1.64. The Morgan fingerprint density at radius 2 is 2.07 bits per heavy atom. The van der Waals surface area contributed by atoms with Gasteiger partial charge in [0.15, 0.2) is 0 Å². The SMILES string of the molecule is COCCC(=O)N1[C@@H]2CCC[C@H]1C[C@H](N(C)c1nc(Cl)cc(O[C@@H]3CCOC3)n1)C2. The van der Waals surface area contributed by atoms with E-state index in [2.05, 4.69) is 19.8 Å². The first-order chi connectivity index (χ1) is 14.5. The predicted octanol–water partition coefficient (Wildman–Crippen LogP) is 2.68. The minimum Gasteiger partial charge on any atom is -0.472 e. The molecule has 0 N–H and O–H groups in total. The summed E-state index contributed by atoms with van der Waals surface area (Å²) in [7, 11) is 3.65. The fourth-order valence-electron chi connectivity index (χ4n) is 4.94. The second-order valence-corrected chi connectivity index (χ2v) is 8.84. The highest BCUT2D eigenvalue weighted by molar-refractivity contribution is 6.29. The lowest BCUT2D eigenvalue weighted by Crippen LogP contribution is -2.58. The van der Waals surface area contributed by atoms with E-state index in [0.717, 1.165) is 32.1 Å². The van der Waals surface area contributed by atoms with Crippen LogP contribution >= 0.6 is 11.6 Å². The van der Waals surface area contributed by atoms with Gasteiger partial charge in [-0.25, -0.2) is 4.98 Å². The monoisotopic (exact) mass is 438 g/mol. The number of anilines is 1. The predicted molar refractivity (Wildman–Crippen MR) is 113 cm³/mol. The largest absolute Gasteiger partial charge is 0.472 e. The van der Waals surface area contributed by atoms with E-state index in [9.17, 15) is 4.79 Å². The van der Waals surface area contributed by atoms with Gasteiger partial charge in [-0.1, -0.05) is 11.6 Å². The molecule has 0 aromatic carbocycles. The van der Waals surface area contributed by atoms with Crippen LogP contribution in [-0.4, -0.2) is 79.0 Å². The number of halogens is 1. The Kier molecular flexibility index (Phi) is 6.95. The van der Waals surface area contributed by atoms with Crippen LogP contribution in [0.3, 0.4) is 0 Å². The zero-order valence-electron chi connectivity index (χ0n) is 17.8. The van der Waals surface area contributed by atoms with Crippen LogP contribution in [0.2, 0.25) is 5.15 Å². The van der Waals surface area contributed by atoms with Crippen LogP contribution in [0.1, 0.15) is 44.9 Å². The topological polar surface area (TPSA) is 77.0 Å². The Bertz CT molecular complexity index is 732. The summed E-state index contributed by atoms with van der Waals surface area (Å²) in [6.45, 7) is 1.76. The lowest BCUT2D eigenvalue weighted by atomic mass is 9.81. The third kappa shape index (κ3) is 4.81. The van der Waals surface area contributed by atoms with Gasteiger partial charge in [0.1, 0.15) is 11.3 Å². The van der Waals surface area contributed by atoms with E-state index in [-0.39, 0.29) is 30.1 Å². The molecule has 3 aliphatic rings. The van der Waals surface area contributed by atoms with Crippen molar-refractivity contribution in [1.82, 2.24) is 14.9 Å². The number of fused-ring (bicyclic) bond motifs is 2. The lowest BCUT2D eigenvalue weighted by Gasteiger charge is -2.50. The van der Waals surface area contributed by atoms with Crippen molar-refractivity contribution in [3.8, 4) is 5.88 Å². The van der Waals surface area contributed by atoms with E-state index in [1.54, 1.807) is 13.2 Å². The molecule has 30 heavy (non-hydrogen) atoms. The number of rotatable bonds is 7. The number of aromatic nitrogens is 2. The van der Waals surface area contributed by atoms with Gasteiger partial charge in [0.2, 0.25) is 17.7 Å². The van der Waals surface area contributed by atoms with Crippen molar-refractivity contribution < 1.29 is 19.0 Å². The fourth-order valence-corrected chi connectivity index (χ4v) is 5.11. The molecule has 3 aliphatic heterocycles. The van der Waals surface area contributed by atoms with E-state index in [1.807, 2.05) is 7.05 Å². The molecule has 1 aromatic heterocycles. The molecule has 2 bridgehead atoms. The van der Waals surface area contributed by atoms with E-state index < -0.39 is 0 Å². The molecule has 166 valence electrons. The summed E-state index contributed by atoms with van der Waals surface area (Å²) >= 11 is 6.27. The maximum absolute atomic E-state index is 12.7. The first kappa shape index (κ1) is 21.6. The molecule has 4 heterocycles. The van der Waals surface area contributed by atoms with Crippen LogP contribution < -0.4 is 9.64 Å². The zero-order valence-corrected chi connectivity index (χ0v) is 18.5. The fraction of sp³-hybridized carbons (Fsp3) is 0.762. The summed E-state index contributed by atoms with van der Waals surface area (Å²) in [6.07, 6.45) is 6.41. The minimum atomic E-state index is 0.00910. The van der Waals surface area contributed by atoms with Crippen molar-refractivity contribution in [1.29, 1.82) is 0 Å². The van der Waals surface area contributed by atoms with Crippen molar-refractivity contribution in [3.63, 3.8) is 0 Å². The number of ether oxygens (including phenoxy) is 3. The highest BCUT2D eigenvalue weighted by atomic mass is 35.5. The number of hydrogen-bond donors (Lipinski definition) is 0. The van der Waals surface area contributed by atoms with Gasteiger partial charge >= 0.3 is 0 Å². The molecule has 0 aliphatic carbocycles. The van der Waals surface area contributed by atoms with Gasteiger partial charge in [0, 0.05) is 44.8 Å². The van der Waals surface area contributed by atoms with Crippen molar-refractivity contribution in [3.05, 3.63) is 11.2 Å². The summed E-state index contributed by atoms with van der Waals surface area (Å²) in [5, 5.41) is 0.369. The smallest absolute Gasteiger partial charge is 0.230 e. The summed E-state index contributed by atoms with van der Waals surface area (Å²) in [5.41, 5.74) is 0. The first-order valence-electron chi connectivity index (χ1n) is 10.9. The zero-order chi connectivity index (χ0) is 21.1. The Morgan fingerprint density at radius 3 is 2.73 bits per heavy atom. The molecule has 0 saturated carbocycles. The third-order valence-electron chi connectivity index (χ3n) is 6.46. The lowest BCUT2D eigenvalue weighted by molar-refractivity contribution is -0.142. The second kappa shape index (κ2) is 9.66. The maximum atomic E-state index is 12.7. The van der Waals surface area contributed by atoms with Crippen LogP contribution in [-0.2, 0) is 14.3 Å². The number of carbonyl (C=O) groups excluding carboxylic acids is 1. The quantitative estimate of drug-likeness (QED) is 0.605. The molecule has 8 nitrogen and oxygen atoms in total. The van der Waals surface area contributed by atoms with E-state index >= 15 is 0 Å². The van der Waals surface area contributed by atoms with Crippen LogP contribution in [0.15, 0.2) is 6.07 Å². The highest BCUT2D eigenvalue weighted by Crippen LogP contribution is 2.37. The summed E-state index contributed by atoms with van der Waals surface area (Å²) < 4.78 is 16.4. The molecule has 1 aromatic rings. The number of piperidine rings is 2. The van der Waals surface area contributed by atoms with Gasteiger partial charge < -0.3 is 24.0 Å². The molecule has 4 rings (SSSR count). The van der Waals surface area contributed by atoms with Gasteiger partial charge in [-0.05, 0) is 32.1 Å². The van der Waals surface area contributed by atoms with Crippen LogP contribution in [0.4, 0.5) is 5.95 Å². The summed E-state index contributed by atoms with van der Waals surface area (Å²) in [6, 6.07) is 2.44. The number of carbonyl (C=O) groups is 1. The molecule has 0 unspecified atom stereocenters.